The third-order valence-corrected chi connectivity index (χ3v) is 2.23. The van der Waals surface area contributed by atoms with Crippen LogP contribution >= 0.6 is 0 Å². The molecule has 0 spiro atoms. The molecular formula is C10H21NO2. The van der Waals surface area contributed by atoms with Crippen LogP contribution in [0.4, 0.5) is 0 Å². The molecule has 0 aliphatic rings. The van der Waals surface area contributed by atoms with Crippen LogP contribution in [0.3, 0.4) is 0 Å². The molecule has 0 fully saturated rings. The molecule has 0 aromatic heterocycles. The number of amides is 1. The van der Waals surface area contributed by atoms with Gasteiger partial charge < -0.3 is 10.1 Å². The van der Waals surface area contributed by atoms with Crippen LogP contribution in [0.25, 0.3) is 0 Å². The molecule has 1 N–H and O–H groups in total. The van der Waals surface area contributed by atoms with Crippen molar-refractivity contribution >= 4 is 5.91 Å². The van der Waals surface area contributed by atoms with Gasteiger partial charge in [-0.3, -0.25) is 4.79 Å². The molecule has 0 aromatic rings. The monoisotopic (exact) mass is 187 g/mol. The highest BCUT2D eigenvalue weighted by Crippen LogP contribution is 2.11. The van der Waals surface area contributed by atoms with Crippen LogP contribution < -0.4 is 5.32 Å². The van der Waals surface area contributed by atoms with Gasteiger partial charge in [-0.2, -0.15) is 0 Å². The molecule has 1 unspecified atom stereocenters. The predicted octanol–water partition coefficient (Wildman–Crippen LogP) is 1.58. The average molecular weight is 187 g/mol. The van der Waals surface area contributed by atoms with Crippen molar-refractivity contribution in [2.45, 2.75) is 33.1 Å². The zero-order valence-electron chi connectivity index (χ0n) is 8.93. The summed E-state index contributed by atoms with van der Waals surface area (Å²) in [6, 6.07) is 0. The topological polar surface area (TPSA) is 38.3 Å². The largest absolute Gasteiger partial charge is 0.385 e. The molecule has 0 rings (SSSR count). The number of nitrogens with one attached hydrogen (secondary N) is 1. The average Bonchev–Trinajstić information content (AvgIpc) is 2.10. The van der Waals surface area contributed by atoms with E-state index in [0.29, 0.717) is 5.92 Å². The van der Waals surface area contributed by atoms with E-state index in [0.717, 1.165) is 32.4 Å². The van der Waals surface area contributed by atoms with Crippen LogP contribution in [0, 0.1) is 5.92 Å². The van der Waals surface area contributed by atoms with E-state index in [1.807, 2.05) is 0 Å². The summed E-state index contributed by atoms with van der Waals surface area (Å²) in [5, 5.41) is 2.81. The highest BCUT2D eigenvalue weighted by molar-refractivity contribution is 5.72. The molecule has 3 heteroatoms. The lowest BCUT2D eigenvalue weighted by atomic mass is 9.99. The molecule has 0 saturated carbocycles. The molecule has 3 nitrogen and oxygen atoms in total. The molecule has 1 amide bonds. The number of rotatable bonds is 7. The Morgan fingerprint density at radius 1 is 1.46 bits per heavy atom. The maximum Gasteiger partial charge on any atom is 0.216 e. The second-order valence-corrected chi connectivity index (χ2v) is 3.33. The van der Waals surface area contributed by atoms with E-state index < -0.39 is 0 Å². The number of ether oxygens (including phenoxy) is 1. The minimum atomic E-state index is 0.0570. The van der Waals surface area contributed by atoms with Crippen LogP contribution in [0.2, 0.25) is 0 Å². The molecule has 0 aliphatic carbocycles. The van der Waals surface area contributed by atoms with E-state index in [1.165, 1.54) is 0 Å². The third-order valence-electron chi connectivity index (χ3n) is 2.23. The highest BCUT2D eigenvalue weighted by Gasteiger charge is 2.05. The van der Waals surface area contributed by atoms with Gasteiger partial charge in [0.15, 0.2) is 0 Å². The number of hydrogen-bond donors (Lipinski definition) is 1. The molecule has 0 aromatic carbocycles. The van der Waals surface area contributed by atoms with Gasteiger partial charge in [0, 0.05) is 27.2 Å². The molecule has 0 bridgehead atoms. The maximum absolute atomic E-state index is 10.6. The predicted molar refractivity (Wildman–Crippen MR) is 53.6 cm³/mol. The molecule has 13 heavy (non-hydrogen) atoms. The summed E-state index contributed by atoms with van der Waals surface area (Å²) in [6.07, 6.45) is 3.30. The van der Waals surface area contributed by atoms with Gasteiger partial charge in [0.2, 0.25) is 5.91 Å². The van der Waals surface area contributed by atoms with Crippen molar-refractivity contribution in [3.05, 3.63) is 0 Å². The first-order chi connectivity index (χ1) is 6.20. The highest BCUT2D eigenvalue weighted by atomic mass is 16.5. The summed E-state index contributed by atoms with van der Waals surface area (Å²) in [5.41, 5.74) is 0. The molecule has 0 heterocycles. The lowest BCUT2D eigenvalue weighted by molar-refractivity contribution is -0.119. The first-order valence-corrected chi connectivity index (χ1v) is 4.94. The number of carbonyl (C=O) groups excluding carboxylic acids is 1. The van der Waals surface area contributed by atoms with Gasteiger partial charge in [-0.25, -0.2) is 0 Å². The number of hydrogen-bond acceptors (Lipinski definition) is 2. The Hall–Kier alpha value is -0.570. The van der Waals surface area contributed by atoms with Crippen LogP contribution in [0.15, 0.2) is 0 Å². The summed E-state index contributed by atoms with van der Waals surface area (Å²) in [5.74, 6) is 0.730. The molecule has 0 saturated heterocycles. The second-order valence-electron chi connectivity index (χ2n) is 3.33. The number of methoxy groups -OCH3 is 1. The van der Waals surface area contributed by atoms with Crippen LogP contribution in [-0.4, -0.2) is 26.2 Å². The standard InChI is InChI=1S/C10H21NO2/c1-4-10(6-8-13-3)5-7-11-9(2)12/h10H,4-8H2,1-3H3,(H,11,12). The van der Waals surface area contributed by atoms with Crippen LogP contribution in [0.5, 0.6) is 0 Å². The third kappa shape index (κ3) is 7.78. The normalized spacial score (nSPS) is 12.5. The maximum atomic E-state index is 10.6. The SMILES string of the molecule is CCC(CCNC(C)=O)CCOC. The van der Waals surface area contributed by atoms with E-state index in [9.17, 15) is 4.79 Å². The fourth-order valence-corrected chi connectivity index (χ4v) is 1.29. The Morgan fingerprint density at radius 2 is 2.15 bits per heavy atom. The van der Waals surface area contributed by atoms with E-state index in [-0.39, 0.29) is 5.91 Å². The molecular weight excluding hydrogens is 166 g/mol. The van der Waals surface area contributed by atoms with Gasteiger partial charge in [0.25, 0.3) is 0 Å². The first kappa shape index (κ1) is 12.4. The minimum absolute atomic E-state index is 0.0570. The Balaban J connectivity index is 3.41. The van der Waals surface area contributed by atoms with Crippen molar-refractivity contribution < 1.29 is 9.53 Å². The van der Waals surface area contributed by atoms with Crippen molar-refractivity contribution in [2.75, 3.05) is 20.3 Å². The summed E-state index contributed by atoms with van der Waals surface area (Å²) in [6.45, 7) is 5.33. The van der Waals surface area contributed by atoms with Crippen molar-refractivity contribution in [2.24, 2.45) is 5.92 Å². The van der Waals surface area contributed by atoms with Gasteiger partial charge in [0.1, 0.15) is 0 Å². The summed E-state index contributed by atoms with van der Waals surface area (Å²) < 4.78 is 5.01. The lowest BCUT2D eigenvalue weighted by Crippen LogP contribution is -2.23. The molecule has 0 radical (unpaired) electrons. The van der Waals surface area contributed by atoms with E-state index >= 15 is 0 Å². The first-order valence-electron chi connectivity index (χ1n) is 4.94. The Kier molecular flexibility index (Phi) is 7.69. The second kappa shape index (κ2) is 8.05. The van der Waals surface area contributed by atoms with Crippen molar-refractivity contribution in [3.8, 4) is 0 Å². The Bertz CT molecular complexity index is 137. The van der Waals surface area contributed by atoms with Crippen LogP contribution in [-0.2, 0) is 9.53 Å². The minimum Gasteiger partial charge on any atom is -0.385 e. The van der Waals surface area contributed by atoms with Crippen molar-refractivity contribution in [1.82, 2.24) is 5.32 Å². The van der Waals surface area contributed by atoms with Gasteiger partial charge in [-0.15, -0.1) is 0 Å². The van der Waals surface area contributed by atoms with E-state index in [1.54, 1.807) is 14.0 Å². The summed E-state index contributed by atoms with van der Waals surface area (Å²) in [7, 11) is 1.72. The Morgan fingerprint density at radius 3 is 2.62 bits per heavy atom. The van der Waals surface area contributed by atoms with Crippen molar-refractivity contribution in [1.29, 1.82) is 0 Å². The summed E-state index contributed by atoms with van der Waals surface area (Å²) in [4.78, 5) is 10.6. The van der Waals surface area contributed by atoms with E-state index in [4.69, 9.17) is 4.74 Å². The van der Waals surface area contributed by atoms with Gasteiger partial charge in [-0.05, 0) is 18.8 Å². The quantitative estimate of drug-likeness (QED) is 0.657. The van der Waals surface area contributed by atoms with Gasteiger partial charge >= 0.3 is 0 Å². The number of carbonyl (C=O) groups is 1. The molecule has 0 aliphatic heterocycles. The zero-order chi connectivity index (χ0) is 10.1. The smallest absolute Gasteiger partial charge is 0.216 e. The van der Waals surface area contributed by atoms with Gasteiger partial charge in [0.05, 0.1) is 0 Å². The van der Waals surface area contributed by atoms with E-state index in [2.05, 4.69) is 12.2 Å². The lowest BCUT2D eigenvalue weighted by Gasteiger charge is -2.13. The fourth-order valence-electron chi connectivity index (χ4n) is 1.29. The zero-order valence-corrected chi connectivity index (χ0v) is 8.93. The van der Waals surface area contributed by atoms with Crippen LogP contribution in [0.1, 0.15) is 33.1 Å². The van der Waals surface area contributed by atoms with Gasteiger partial charge in [-0.1, -0.05) is 13.3 Å². The fraction of sp³-hybridized carbons (Fsp3) is 0.900. The molecule has 78 valence electrons. The summed E-state index contributed by atoms with van der Waals surface area (Å²) >= 11 is 0. The van der Waals surface area contributed by atoms with Crippen molar-refractivity contribution in [3.63, 3.8) is 0 Å². The molecule has 1 atom stereocenters. The Labute approximate surface area is 80.8 Å².